The summed E-state index contributed by atoms with van der Waals surface area (Å²) in [5.41, 5.74) is 0. The maximum atomic E-state index is 12.5. The van der Waals surface area contributed by atoms with Gasteiger partial charge in [-0.15, -0.1) is 0 Å². The average Bonchev–Trinajstić information content (AvgIpc) is 2.98. The first-order chi connectivity index (χ1) is 11.0. The van der Waals surface area contributed by atoms with Crippen LogP contribution in [0.5, 0.6) is 5.75 Å². The molecule has 1 amide bonds. The highest BCUT2D eigenvalue weighted by Gasteiger charge is 2.40. The van der Waals surface area contributed by atoms with Crippen LogP contribution in [0.2, 0.25) is 0 Å². The highest BCUT2D eigenvalue weighted by atomic mass is 32.2. The summed E-state index contributed by atoms with van der Waals surface area (Å²) in [5.74, 6) is 1.24. The van der Waals surface area contributed by atoms with E-state index in [0.29, 0.717) is 36.1 Å². The van der Waals surface area contributed by atoms with E-state index in [4.69, 9.17) is 4.74 Å². The molecule has 0 spiro atoms. The van der Waals surface area contributed by atoms with Gasteiger partial charge in [-0.2, -0.15) is 0 Å². The van der Waals surface area contributed by atoms with Gasteiger partial charge in [-0.1, -0.05) is 12.8 Å². The fourth-order valence-corrected chi connectivity index (χ4v) is 5.04. The number of carbonyl (C=O) groups is 1. The molecular weight excluding hydrogens is 314 g/mol. The fraction of sp³-hybridized carbons (Fsp3) is 0.588. The molecule has 0 N–H and O–H groups in total. The number of nitrogens with zero attached hydrogens (tertiary/aromatic N) is 1. The van der Waals surface area contributed by atoms with E-state index in [0.717, 1.165) is 12.8 Å². The fourth-order valence-electron chi connectivity index (χ4n) is 3.39. The molecule has 2 fully saturated rings. The molecule has 1 aromatic rings. The smallest absolute Gasteiger partial charge is 0.222 e. The van der Waals surface area contributed by atoms with Crippen LogP contribution in [-0.2, 0) is 14.6 Å². The van der Waals surface area contributed by atoms with Crippen LogP contribution in [-0.4, -0.2) is 44.7 Å². The predicted molar refractivity (Wildman–Crippen MR) is 87.1 cm³/mol. The van der Waals surface area contributed by atoms with Crippen molar-refractivity contribution in [3.63, 3.8) is 0 Å². The summed E-state index contributed by atoms with van der Waals surface area (Å²) in [6.07, 6.45) is 5.27. The van der Waals surface area contributed by atoms with Crippen LogP contribution in [0.4, 0.5) is 0 Å². The number of hydrogen-bond acceptors (Lipinski definition) is 4. The molecule has 0 atom stereocenters. The van der Waals surface area contributed by atoms with Gasteiger partial charge in [0.15, 0.2) is 9.84 Å². The molecule has 1 saturated heterocycles. The summed E-state index contributed by atoms with van der Waals surface area (Å²) >= 11 is 0. The number of ether oxygens (including phenoxy) is 1. The minimum atomic E-state index is -3.37. The van der Waals surface area contributed by atoms with Crippen molar-refractivity contribution in [2.24, 2.45) is 5.92 Å². The van der Waals surface area contributed by atoms with Gasteiger partial charge in [0.05, 0.1) is 12.0 Å². The average molecular weight is 337 g/mol. The van der Waals surface area contributed by atoms with Crippen LogP contribution in [0.25, 0.3) is 0 Å². The highest BCUT2D eigenvalue weighted by Crippen LogP contribution is 2.30. The second-order valence-corrected chi connectivity index (χ2v) is 8.72. The number of likely N-dealkylation sites (tertiary alicyclic amines) is 1. The number of carbonyl (C=O) groups excluding carboxylic acids is 1. The Morgan fingerprint density at radius 3 is 2.35 bits per heavy atom. The van der Waals surface area contributed by atoms with E-state index in [9.17, 15) is 13.2 Å². The van der Waals surface area contributed by atoms with Crippen molar-refractivity contribution in [1.29, 1.82) is 0 Å². The summed E-state index contributed by atoms with van der Waals surface area (Å²) in [7, 11) is -1.83. The highest BCUT2D eigenvalue weighted by molar-refractivity contribution is 7.92. The Morgan fingerprint density at radius 1 is 1.17 bits per heavy atom. The molecule has 2 aliphatic rings. The molecule has 1 saturated carbocycles. The lowest BCUT2D eigenvalue weighted by Crippen LogP contribution is -2.57. The van der Waals surface area contributed by atoms with E-state index in [2.05, 4.69) is 0 Å². The van der Waals surface area contributed by atoms with Gasteiger partial charge < -0.3 is 9.64 Å². The molecule has 1 aromatic carbocycles. The van der Waals surface area contributed by atoms with Gasteiger partial charge >= 0.3 is 0 Å². The van der Waals surface area contributed by atoms with Crippen molar-refractivity contribution in [1.82, 2.24) is 4.90 Å². The third-order valence-electron chi connectivity index (χ3n) is 4.97. The number of hydrogen-bond donors (Lipinski definition) is 0. The second kappa shape index (κ2) is 6.51. The Hall–Kier alpha value is -1.56. The van der Waals surface area contributed by atoms with Crippen molar-refractivity contribution in [3.8, 4) is 5.75 Å². The zero-order valence-electron chi connectivity index (χ0n) is 13.4. The summed E-state index contributed by atoms with van der Waals surface area (Å²) in [6, 6.07) is 6.43. The van der Waals surface area contributed by atoms with Crippen molar-refractivity contribution >= 4 is 15.7 Å². The molecule has 0 unspecified atom stereocenters. The normalized spacial score (nSPS) is 19.6. The van der Waals surface area contributed by atoms with E-state index < -0.39 is 15.1 Å². The molecule has 3 rings (SSSR count). The Balaban J connectivity index is 1.57. The maximum absolute atomic E-state index is 12.5. The Labute approximate surface area is 137 Å². The molecule has 1 aliphatic carbocycles. The predicted octanol–water partition coefficient (Wildman–Crippen LogP) is 2.26. The topological polar surface area (TPSA) is 63.7 Å². The molecule has 0 aromatic heterocycles. The monoisotopic (exact) mass is 337 g/mol. The molecule has 6 heteroatoms. The Kier molecular flexibility index (Phi) is 4.62. The van der Waals surface area contributed by atoms with Gasteiger partial charge in [-0.25, -0.2) is 8.42 Å². The molecule has 1 aliphatic heterocycles. The Bertz CT molecular complexity index is 656. The summed E-state index contributed by atoms with van der Waals surface area (Å²) in [5, 5.41) is -0.483. The molecule has 5 nitrogen and oxygen atoms in total. The van der Waals surface area contributed by atoms with E-state index >= 15 is 0 Å². The number of sulfone groups is 1. The van der Waals surface area contributed by atoms with Gasteiger partial charge in [0, 0.05) is 19.5 Å². The summed E-state index contributed by atoms with van der Waals surface area (Å²) in [6.45, 7) is 0.639. The van der Waals surface area contributed by atoms with Crippen LogP contribution < -0.4 is 4.74 Å². The third kappa shape index (κ3) is 3.37. The number of benzene rings is 1. The molecule has 23 heavy (non-hydrogen) atoms. The zero-order chi connectivity index (χ0) is 16.4. The van der Waals surface area contributed by atoms with Crippen LogP contribution in [0.3, 0.4) is 0 Å². The maximum Gasteiger partial charge on any atom is 0.222 e. The van der Waals surface area contributed by atoms with Crippen molar-refractivity contribution in [3.05, 3.63) is 24.3 Å². The standard InChI is InChI=1S/C17H23NO4S/c1-22-14-6-8-15(9-7-14)23(20,21)16-11-18(12-16)17(19)10-13-4-2-3-5-13/h6-9,13,16H,2-5,10-12H2,1H3. The van der Waals surface area contributed by atoms with Crippen LogP contribution in [0, 0.1) is 5.92 Å². The minimum Gasteiger partial charge on any atom is -0.497 e. The zero-order valence-corrected chi connectivity index (χ0v) is 14.2. The van der Waals surface area contributed by atoms with Crippen LogP contribution >= 0.6 is 0 Å². The van der Waals surface area contributed by atoms with Crippen molar-refractivity contribution in [2.45, 2.75) is 42.2 Å². The lowest BCUT2D eigenvalue weighted by Gasteiger charge is -2.39. The molecule has 1 heterocycles. The Morgan fingerprint density at radius 2 is 1.78 bits per heavy atom. The van der Waals surface area contributed by atoms with Crippen LogP contribution in [0.1, 0.15) is 32.1 Å². The van der Waals surface area contributed by atoms with Gasteiger partial charge in [0.1, 0.15) is 11.0 Å². The lowest BCUT2D eigenvalue weighted by atomic mass is 10.0. The van der Waals surface area contributed by atoms with E-state index in [-0.39, 0.29) is 5.91 Å². The van der Waals surface area contributed by atoms with Crippen molar-refractivity contribution < 1.29 is 17.9 Å². The first-order valence-corrected chi connectivity index (χ1v) is 9.71. The number of methoxy groups -OCH3 is 1. The van der Waals surface area contributed by atoms with Gasteiger partial charge in [0.25, 0.3) is 0 Å². The number of rotatable bonds is 5. The first-order valence-electron chi connectivity index (χ1n) is 8.16. The molecule has 0 radical (unpaired) electrons. The third-order valence-corrected chi connectivity index (χ3v) is 7.07. The van der Waals surface area contributed by atoms with Crippen LogP contribution in [0.15, 0.2) is 29.2 Å². The summed E-state index contributed by atoms with van der Waals surface area (Å²) < 4.78 is 30.1. The van der Waals surface area contributed by atoms with E-state index in [1.807, 2.05) is 0 Å². The second-order valence-electron chi connectivity index (χ2n) is 6.50. The van der Waals surface area contributed by atoms with Crippen molar-refractivity contribution in [2.75, 3.05) is 20.2 Å². The summed E-state index contributed by atoms with van der Waals surface area (Å²) in [4.78, 5) is 14.2. The van der Waals surface area contributed by atoms with Gasteiger partial charge in [-0.05, 0) is 43.0 Å². The van der Waals surface area contributed by atoms with E-state index in [1.54, 1.807) is 36.3 Å². The van der Waals surface area contributed by atoms with Gasteiger partial charge in [0.2, 0.25) is 5.91 Å². The number of amides is 1. The van der Waals surface area contributed by atoms with E-state index in [1.165, 1.54) is 12.8 Å². The quantitative estimate of drug-likeness (QED) is 0.827. The van der Waals surface area contributed by atoms with Gasteiger partial charge in [-0.3, -0.25) is 4.79 Å². The minimum absolute atomic E-state index is 0.109. The largest absolute Gasteiger partial charge is 0.497 e. The lowest BCUT2D eigenvalue weighted by molar-refractivity contribution is -0.135. The molecule has 0 bridgehead atoms. The molecular formula is C17H23NO4S. The first kappa shape index (κ1) is 16.3. The SMILES string of the molecule is COc1ccc(S(=O)(=O)C2CN(C(=O)CC3CCCC3)C2)cc1. The molecule has 126 valence electrons.